The minimum atomic E-state index is -1.39. The van der Waals surface area contributed by atoms with Crippen molar-refractivity contribution < 1.29 is 20.1 Å². The van der Waals surface area contributed by atoms with E-state index in [1.54, 1.807) is 18.2 Å². The van der Waals surface area contributed by atoms with Gasteiger partial charge in [0.1, 0.15) is 23.9 Å². The topological polar surface area (TPSA) is 113 Å². The average molecular weight is 314 g/mol. The van der Waals surface area contributed by atoms with Crippen molar-refractivity contribution in [2.45, 2.75) is 23.9 Å². The lowest BCUT2D eigenvalue weighted by Crippen LogP contribution is -2.47. The summed E-state index contributed by atoms with van der Waals surface area (Å²) in [6.45, 7) is -0.496. The van der Waals surface area contributed by atoms with Crippen LogP contribution in [0.4, 0.5) is 5.69 Å². The number of aliphatic hydroxyl groups is 3. The summed E-state index contributed by atoms with van der Waals surface area (Å²) in [5.41, 5.74) is 6.21. The Morgan fingerprint density at radius 2 is 2.14 bits per heavy atom. The fourth-order valence-electron chi connectivity index (χ4n) is 2.66. The van der Waals surface area contributed by atoms with Gasteiger partial charge in [0.25, 0.3) is 0 Å². The Bertz CT molecular complexity index is 658. The summed E-state index contributed by atoms with van der Waals surface area (Å²) in [5, 5.41) is 34.0. The maximum atomic E-state index is 10.2. The van der Waals surface area contributed by atoms with Crippen molar-refractivity contribution in [1.29, 1.82) is 0 Å². The smallest absolute Gasteiger partial charge is 0.134 e. The van der Waals surface area contributed by atoms with Crippen LogP contribution >= 0.6 is 11.6 Å². The van der Waals surface area contributed by atoms with Crippen LogP contribution < -0.4 is 5.73 Å². The number of nitrogens with two attached hydrogens (primary N) is 1. The van der Waals surface area contributed by atoms with Crippen LogP contribution in [0, 0.1) is 0 Å². The molecule has 0 aliphatic carbocycles. The normalized spacial score (nSPS) is 32.9. The van der Waals surface area contributed by atoms with Gasteiger partial charge in [0.2, 0.25) is 0 Å². The molecular weight excluding hydrogens is 298 g/mol. The molecule has 8 heteroatoms. The molecule has 0 bridgehead atoms. The van der Waals surface area contributed by atoms with Crippen molar-refractivity contribution in [1.82, 2.24) is 9.61 Å². The standard InChI is InChI=1S/C13H16ClN3O4/c14-5-13(6-18)12(20)10(19)11(21-13)9-2-1-8-7(15)3-4-16-17(8)9/h1-4,10-12,18-20H,5-6,15H2/t10-,11-,12-,13+/m0/s1. The Morgan fingerprint density at radius 1 is 1.38 bits per heavy atom. The van der Waals surface area contributed by atoms with E-state index >= 15 is 0 Å². The highest BCUT2D eigenvalue weighted by atomic mass is 35.5. The number of nitrogens with zero attached hydrogens (tertiary/aromatic N) is 2. The van der Waals surface area contributed by atoms with Gasteiger partial charge >= 0.3 is 0 Å². The van der Waals surface area contributed by atoms with Gasteiger partial charge in [-0.1, -0.05) is 0 Å². The maximum Gasteiger partial charge on any atom is 0.134 e. The number of alkyl halides is 1. The van der Waals surface area contributed by atoms with Gasteiger partial charge in [-0.2, -0.15) is 5.10 Å². The summed E-state index contributed by atoms with van der Waals surface area (Å²) in [7, 11) is 0. The molecule has 2 aromatic heterocycles. The molecule has 5 N–H and O–H groups in total. The molecule has 0 unspecified atom stereocenters. The molecule has 1 aliphatic rings. The number of anilines is 1. The Kier molecular flexibility index (Phi) is 3.54. The van der Waals surface area contributed by atoms with Crippen LogP contribution in [-0.4, -0.2) is 55.2 Å². The molecule has 0 saturated carbocycles. The summed E-state index contributed by atoms with van der Waals surface area (Å²) in [6, 6.07) is 5.12. The second-order valence-corrected chi connectivity index (χ2v) is 5.44. The van der Waals surface area contributed by atoms with Gasteiger partial charge in [0, 0.05) is 6.20 Å². The minimum Gasteiger partial charge on any atom is -0.397 e. The summed E-state index contributed by atoms with van der Waals surface area (Å²) in [4.78, 5) is 0. The fourth-order valence-corrected chi connectivity index (χ4v) is 2.97. The Hall–Kier alpha value is -1.38. The fraction of sp³-hybridized carbons (Fsp3) is 0.462. The first-order chi connectivity index (χ1) is 10.0. The molecule has 3 heterocycles. The van der Waals surface area contributed by atoms with Crippen molar-refractivity contribution >= 4 is 22.8 Å². The number of aromatic nitrogens is 2. The van der Waals surface area contributed by atoms with Gasteiger partial charge in [-0.05, 0) is 18.2 Å². The van der Waals surface area contributed by atoms with Crippen molar-refractivity contribution in [3.05, 3.63) is 30.1 Å². The van der Waals surface area contributed by atoms with Crippen LogP contribution in [0.3, 0.4) is 0 Å². The van der Waals surface area contributed by atoms with Gasteiger partial charge in [-0.25, -0.2) is 4.52 Å². The highest BCUT2D eigenvalue weighted by Crippen LogP contribution is 2.41. The van der Waals surface area contributed by atoms with Crippen molar-refractivity contribution in [2.24, 2.45) is 0 Å². The first-order valence-corrected chi connectivity index (χ1v) is 7.00. The summed E-state index contributed by atoms with van der Waals surface area (Å²) >= 11 is 5.80. The third-order valence-electron chi connectivity index (χ3n) is 3.94. The first kappa shape index (κ1) is 14.6. The lowest BCUT2D eigenvalue weighted by Gasteiger charge is -2.27. The maximum absolute atomic E-state index is 10.2. The third-order valence-corrected chi connectivity index (χ3v) is 4.39. The van der Waals surface area contributed by atoms with E-state index in [0.717, 1.165) is 0 Å². The predicted octanol–water partition coefficient (Wildman–Crippen LogP) is -0.321. The summed E-state index contributed by atoms with van der Waals surface area (Å²) < 4.78 is 7.22. The molecule has 0 spiro atoms. The van der Waals surface area contributed by atoms with Gasteiger partial charge < -0.3 is 25.8 Å². The molecule has 3 rings (SSSR count). The highest BCUT2D eigenvalue weighted by Gasteiger charge is 2.54. The van der Waals surface area contributed by atoms with Crippen LogP contribution in [0.15, 0.2) is 24.4 Å². The summed E-state index contributed by atoms with van der Waals surface area (Å²) in [5.74, 6) is -0.142. The van der Waals surface area contributed by atoms with Crippen LogP contribution in [0.5, 0.6) is 0 Å². The molecule has 1 aliphatic heterocycles. The second-order valence-electron chi connectivity index (χ2n) is 5.17. The molecule has 4 atom stereocenters. The highest BCUT2D eigenvalue weighted by molar-refractivity contribution is 6.18. The van der Waals surface area contributed by atoms with Crippen molar-refractivity contribution in [3.63, 3.8) is 0 Å². The number of fused-ring (bicyclic) bond motifs is 1. The van der Waals surface area contributed by atoms with E-state index in [-0.39, 0.29) is 5.88 Å². The zero-order valence-corrected chi connectivity index (χ0v) is 11.8. The molecule has 21 heavy (non-hydrogen) atoms. The largest absolute Gasteiger partial charge is 0.397 e. The molecule has 114 valence electrons. The molecule has 1 fully saturated rings. The van der Waals surface area contributed by atoms with Crippen LogP contribution in [0.25, 0.3) is 5.52 Å². The number of nitrogen functional groups attached to an aromatic ring is 1. The molecule has 7 nitrogen and oxygen atoms in total. The first-order valence-electron chi connectivity index (χ1n) is 6.47. The van der Waals surface area contributed by atoms with E-state index in [2.05, 4.69) is 5.10 Å². The van der Waals surface area contributed by atoms with Crippen molar-refractivity contribution in [2.75, 3.05) is 18.2 Å². The van der Waals surface area contributed by atoms with E-state index in [9.17, 15) is 15.3 Å². The van der Waals surface area contributed by atoms with E-state index in [4.69, 9.17) is 22.1 Å². The van der Waals surface area contributed by atoms with E-state index in [1.807, 2.05) is 0 Å². The average Bonchev–Trinajstić information content (AvgIpc) is 3.02. The number of rotatable bonds is 3. The molecule has 0 radical (unpaired) electrons. The zero-order valence-electron chi connectivity index (χ0n) is 11.1. The van der Waals surface area contributed by atoms with E-state index in [1.165, 1.54) is 10.7 Å². The van der Waals surface area contributed by atoms with Crippen LogP contribution in [-0.2, 0) is 4.74 Å². The molecule has 0 aromatic carbocycles. The minimum absolute atomic E-state index is 0.142. The quantitative estimate of drug-likeness (QED) is 0.578. The van der Waals surface area contributed by atoms with Crippen molar-refractivity contribution in [3.8, 4) is 0 Å². The van der Waals surface area contributed by atoms with Gasteiger partial charge in [-0.3, -0.25) is 0 Å². The molecule has 0 amide bonds. The zero-order chi connectivity index (χ0) is 15.2. The number of halogens is 1. The molecule has 1 saturated heterocycles. The van der Waals surface area contributed by atoms with Gasteiger partial charge in [0.15, 0.2) is 0 Å². The summed E-state index contributed by atoms with van der Waals surface area (Å²) in [6.07, 6.45) is -1.85. The number of ether oxygens (including phenoxy) is 1. The lowest BCUT2D eigenvalue weighted by atomic mass is 9.97. The Morgan fingerprint density at radius 3 is 2.76 bits per heavy atom. The number of hydrogen-bond donors (Lipinski definition) is 4. The van der Waals surface area contributed by atoms with Crippen LogP contribution in [0.1, 0.15) is 11.8 Å². The molecular formula is C13H16ClN3O4. The van der Waals surface area contributed by atoms with Crippen LogP contribution in [0.2, 0.25) is 0 Å². The second kappa shape index (κ2) is 5.11. The predicted molar refractivity (Wildman–Crippen MR) is 76.0 cm³/mol. The number of aliphatic hydroxyl groups excluding tert-OH is 3. The van der Waals surface area contributed by atoms with E-state index in [0.29, 0.717) is 16.9 Å². The van der Waals surface area contributed by atoms with Gasteiger partial charge in [0.05, 0.1) is 29.4 Å². The SMILES string of the molecule is Nc1ccnn2c([C@@H]3O[C@@](CO)(CCl)[C@@H](O)[C@H]3O)ccc12. The Balaban J connectivity index is 2.06. The Labute approximate surface area is 125 Å². The number of hydrogen-bond acceptors (Lipinski definition) is 6. The van der Waals surface area contributed by atoms with Gasteiger partial charge in [-0.15, -0.1) is 11.6 Å². The monoisotopic (exact) mass is 313 g/mol. The molecule has 2 aromatic rings. The van der Waals surface area contributed by atoms with E-state index < -0.39 is 30.5 Å². The lowest BCUT2D eigenvalue weighted by molar-refractivity contribution is -0.0978. The third kappa shape index (κ3) is 2.01.